The molecule has 2 heterocycles. The van der Waals surface area contributed by atoms with E-state index in [4.69, 9.17) is 0 Å². The molecule has 1 aliphatic rings. The Hall–Kier alpha value is -1.34. The Labute approximate surface area is 115 Å². The fourth-order valence-electron chi connectivity index (χ4n) is 2.29. The zero-order valence-corrected chi connectivity index (χ0v) is 11.3. The molecule has 1 saturated heterocycles. The third kappa shape index (κ3) is 3.83. The van der Waals surface area contributed by atoms with Gasteiger partial charge in [-0.2, -0.15) is 13.2 Å². The molecule has 0 aliphatic carbocycles. The Balaban J connectivity index is 2.00. The summed E-state index contributed by atoms with van der Waals surface area (Å²) in [5.74, 6) is 0.358. The SMILES string of the molecule is CC(O)CN1CCN(c2cccc(C(F)(F)F)n2)CC1. The molecular formula is C13H18F3N3O. The van der Waals surface area contributed by atoms with Gasteiger partial charge in [-0.3, -0.25) is 4.90 Å². The molecule has 0 saturated carbocycles. The molecule has 1 aliphatic heterocycles. The van der Waals surface area contributed by atoms with Gasteiger partial charge in [0.05, 0.1) is 6.10 Å². The number of aromatic nitrogens is 1. The number of nitrogens with zero attached hydrogens (tertiary/aromatic N) is 3. The predicted octanol–water partition coefficient (Wildman–Crippen LogP) is 1.60. The quantitative estimate of drug-likeness (QED) is 0.917. The van der Waals surface area contributed by atoms with Crippen molar-refractivity contribution in [2.75, 3.05) is 37.6 Å². The molecule has 1 atom stereocenters. The highest BCUT2D eigenvalue weighted by Crippen LogP contribution is 2.29. The van der Waals surface area contributed by atoms with Crippen LogP contribution in [0.1, 0.15) is 12.6 Å². The standard InChI is InChI=1S/C13H18F3N3O/c1-10(20)9-18-5-7-19(8-6-18)12-4-2-3-11(17-12)13(14,15)16/h2-4,10,20H,5-9H2,1H3. The van der Waals surface area contributed by atoms with Crippen molar-refractivity contribution in [1.29, 1.82) is 0 Å². The second-order valence-electron chi connectivity index (χ2n) is 5.02. The summed E-state index contributed by atoms with van der Waals surface area (Å²) >= 11 is 0. The zero-order chi connectivity index (χ0) is 14.8. The minimum atomic E-state index is -4.41. The van der Waals surface area contributed by atoms with E-state index in [1.807, 2.05) is 4.90 Å². The average molecular weight is 289 g/mol. The van der Waals surface area contributed by atoms with Crippen LogP contribution in [0.4, 0.5) is 19.0 Å². The van der Waals surface area contributed by atoms with Gasteiger partial charge in [0, 0.05) is 32.7 Å². The second kappa shape index (κ2) is 5.97. The van der Waals surface area contributed by atoms with E-state index >= 15 is 0 Å². The Bertz CT molecular complexity index is 443. The van der Waals surface area contributed by atoms with E-state index in [0.29, 0.717) is 38.5 Å². The van der Waals surface area contributed by atoms with Crippen LogP contribution in [0.5, 0.6) is 0 Å². The normalized spacial score (nSPS) is 19.1. The maximum Gasteiger partial charge on any atom is 0.433 e. The van der Waals surface area contributed by atoms with E-state index in [-0.39, 0.29) is 0 Å². The highest BCUT2D eigenvalue weighted by molar-refractivity contribution is 5.40. The number of halogens is 3. The smallest absolute Gasteiger partial charge is 0.392 e. The minimum absolute atomic E-state index is 0.358. The van der Waals surface area contributed by atoms with Gasteiger partial charge < -0.3 is 10.0 Å². The molecule has 2 rings (SSSR count). The maximum absolute atomic E-state index is 12.6. The summed E-state index contributed by atoms with van der Waals surface area (Å²) in [4.78, 5) is 7.62. The molecule has 1 N–H and O–H groups in total. The lowest BCUT2D eigenvalue weighted by atomic mass is 10.2. The van der Waals surface area contributed by atoms with Crippen LogP contribution in [0, 0.1) is 0 Å². The third-order valence-electron chi connectivity index (χ3n) is 3.24. The lowest BCUT2D eigenvalue weighted by Crippen LogP contribution is -2.48. The summed E-state index contributed by atoms with van der Waals surface area (Å²) in [6, 6.07) is 3.96. The van der Waals surface area contributed by atoms with Crippen LogP contribution >= 0.6 is 0 Å². The van der Waals surface area contributed by atoms with Gasteiger partial charge in [-0.25, -0.2) is 4.98 Å². The maximum atomic E-state index is 12.6. The summed E-state index contributed by atoms with van der Waals surface area (Å²) in [6.45, 7) is 4.96. The number of hydrogen-bond donors (Lipinski definition) is 1. The fourth-order valence-corrected chi connectivity index (χ4v) is 2.29. The highest BCUT2D eigenvalue weighted by atomic mass is 19.4. The van der Waals surface area contributed by atoms with Crippen molar-refractivity contribution >= 4 is 5.82 Å². The molecule has 1 unspecified atom stereocenters. The van der Waals surface area contributed by atoms with E-state index in [2.05, 4.69) is 9.88 Å². The summed E-state index contributed by atoms with van der Waals surface area (Å²) in [5, 5.41) is 9.32. The first-order chi connectivity index (χ1) is 9.36. The lowest BCUT2D eigenvalue weighted by Gasteiger charge is -2.36. The van der Waals surface area contributed by atoms with Crippen LogP contribution in [-0.4, -0.2) is 53.8 Å². The minimum Gasteiger partial charge on any atom is -0.392 e. The van der Waals surface area contributed by atoms with Crippen molar-refractivity contribution in [3.8, 4) is 0 Å². The van der Waals surface area contributed by atoms with E-state index in [1.165, 1.54) is 6.07 Å². The number of anilines is 1. The number of pyridine rings is 1. The highest BCUT2D eigenvalue weighted by Gasteiger charge is 2.33. The predicted molar refractivity (Wildman–Crippen MR) is 69.6 cm³/mol. The zero-order valence-electron chi connectivity index (χ0n) is 11.3. The van der Waals surface area contributed by atoms with Crippen molar-refractivity contribution in [3.63, 3.8) is 0 Å². The molecule has 0 aromatic carbocycles. The number of β-amino-alcohol motifs (C(OH)–C–C–N with tert-alkyl or cyclic N) is 1. The van der Waals surface area contributed by atoms with Gasteiger partial charge in [0.2, 0.25) is 0 Å². The molecule has 0 bridgehead atoms. The first kappa shape index (κ1) is 15.1. The molecule has 0 spiro atoms. The Kier molecular flexibility index (Phi) is 4.49. The van der Waals surface area contributed by atoms with Crippen LogP contribution < -0.4 is 4.90 Å². The van der Waals surface area contributed by atoms with Crippen LogP contribution in [0.2, 0.25) is 0 Å². The molecule has 0 amide bonds. The Morgan fingerprint density at radius 2 is 1.90 bits per heavy atom. The number of aliphatic hydroxyl groups excluding tert-OH is 1. The fraction of sp³-hybridized carbons (Fsp3) is 0.615. The summed E-state index contributed by atoms with van der Waals surface area (Å²) in [5.41, 5.74) is -0.860. The van der Waals surface area contributed by atoms with E-state index in [9.17, 15) is 18.3 Å². The molecule has 1 aromatic rings. The molecule has 1 fully saturated rings. The molecule has 7 heteroatoms. The number of piperazine rings is 1. The Morgan fingerprint density at radius 3 is 2.45 bits per heavy atom. The number of alkyl halides is 3. The topological polar surface area (TPSA) is 39.6 Å². The number of rotatable bonds is 3. The average Bonchev–Trinajstić information content (AvgIpc) is 2.38. The largest absolute Gasteiger partial charge is 0.433 e. The van der Waals surface area contributed by atoms with Gasteiger partial charge in [0.1, 0.15) is 11.5 Å². The number of aliphatic hydroxyl groups is 1. The Morgan fingerprint density at radius 1 is 1.25 bits per heavy atom. The molecule has 20 heavy (non-hydrogen) atoms. The van der Waals surface area contributed by atoms with Crippen LogP contribution in [0.15, 0.2) is 18.2 Å². The molecule has 112 valence electrons. The monoisotopic (exact) mass is 289 g/mol. The van der Waals surface area contributed by atoms with Gasteiger partial charge in [0.15, 0.2) is 0 Å². The van der Waals surface area contributed by atoms with E-state index in [0.717, 1.165) is 6.07 Å². The second-order valence-corrected chi connectivity index (χ2v) is 5.02. The van der Waals surface area contributed by atoms with Crippen molar-refractivity contribution in [2.24, 2.45) is 0 Å². The van der Waals surface area contributed by atoms with Crippen molar-refractivity contribution in [1.82, 2.24) is 9.88 Å². The van der Waals surface area contributed by atoms with Gasteiger partial charge in [-0.15, -0.1) is 0 Å². The molecular weight excluding hydrogens is 271 g/mol. The number of hydrogen-bond acceptors (Lipinski definition) is 4. The third-order valence-corrected chi connectivity index (χ3v) is 3.24. The molecule has 0 radical (unpaired) electrons. The van der Waals surface area contributed by atoms with E-state index in [1.54, 1.807) is 13.0 Å². The van der Waals surface area contributed by atoms with Crippen LogP contribution in [0.3, 0.4) is 0 Å². The summed E-state index contributed by atoms with van der Waals surface area (Å²) in [7, 11) is 0. The molecule has 4 nitrogen and oxygen atoms in total. The van der Waals surface area contributed by atoms with Gasteiger partial charge >= 0.3 is 6.18 Å². The van der Waals surface area contributed by atoms with E-state index < -0.39 is 18.0 Å². The van der Waals surface area contributed by atoms with Gasteiger partial charge in [-0.1, -0.05) is 6.07 Å². The van der Waals surface area contributed by atoms with Crippen molar-refractivity contribution in [2.45, 2.75) is 19.2 Å². The van der Waals surface area contributed by atoms with Crippen molar-refractivity contribution in [3.05, 3.63) is 23.9 Å². The first-order valence-corrected chi connectivity index (χ1v) is 6.56. The summed E-state index contributed by atoms with van der Waals surface area (Å²) < 4.78 is 37.9. The van der Waals surface area contributed by atoms with Crippen molar-refractivity contribution < 1.29 is 18.3 Å². The summed E-state index contributed by atoms with van der Waals surface area (Å²) in [6.07, 6.45) is -4.81. The molecule has 1 aromatic heterocycles. The van der Waals surface area contributed by atoms with Crippen LogP contribution in [0.25, 0.3) is 0 Å². The van der Waals surface area contributed by atoms with Crippen LogP contribution in [-0.2, 0) is 6.18 Å². The van der Waals surface area contributed by atoms with Gasteiger partial charge in [-0.05, 0) is 19.1 Å². The lowest BCUT2D eigenvalue weighted by molar-refractivity contribution is -0.141. The first-order valence-electron chi connectivity index (χ1n) is 6.56. The van der Waals surface area contributed by atoms with Gasteiger partial charge in [0.25, 0.3) is 0 Å².